The van der Waals surface area contributed by atoms with Crippen LogP contribution in [0.1, 0.15) is 96.8 Å². The summed E-state index contributed by atoms with van der Waals surface area (Å²) in [6.07, 6.45) is 5.12. The summed E-state index contributed by atoms with van der Waals surface area (Å²) in [5.74, 6) is 2.59. The number of para-hydroxylation sites is 1. The van der Waals surface area contributed by atoms with Gasteiger partial charge in [-0.2, -0.15) is 0 Å². The number of aromatic nitrogens is 2. The molecule has 328 valence electrons. The second-order valence-corrected chi connectivity index (χ2v) is 17.8. The molecule has 1 aromatic heterocycles. The Bertz CT molecular complexity index is 2900. The summed E-state index contributed by atoms with van der Waals surface area (Å²) in [5, 5.41) is 15.2. The Balaban J connectivity index is 0.879. The van der Waals surface area contributed by atoms with Crippen LogP contribution < -0.4 is 32.3 Å². The predicted octanol–water partition coefficient (Wildman–Crippen LogP) is 6.61. The van der Waals surface area contributed by atoms with Crippen molar-refractivity contribution in [2.45, 2.75) is 86.7 Å². The predicted molar refractivity (Wildman–Crippen MR) is 241 cm³/mol. The van der Waals surface area contributed by atoms with Gasteiger partial charge in [-0.1, -0.05) is 78.6 Å². The van der Waals surface area contributed by atoms with Crippen LogP contribution in [0.25, 0.3) is 11.0 Å². The van der Waals surface area contributed by atoms with Crippen LogP contribution in [0.5, 0.6) is 0 Å². The molecule has 9 rings (SSSR count). The number of benzene rings is 4. The summed E-state index contributed by atoms with van der Waals surface area (Å²) < 4.78 is 19.1. The van der Waals surface area contributed by atoms with Crippen molar-refractivity contribution < 1.29 is 28.4 Å². The Labute approximate surface area is 377 Å². The molecule has 4 aromatic carbocycles. The number of piperidine rings is 1. The fraction of sp³-hybridized carbons (Fsp3) is 0.333. The second kappa shape index (κ2) is 17.0. The molecule has 0 radical (unpaired) electrons. The number of imidazole rings is 1. The number of hydrogen-bond donors (Lipinski definition) is 5. The highest BCUT2D eigenvalue weighted by atomic mass is 35.5. The quantitative estimate of drug-likeness (QED) is 0.0663. The minimum Gasteiger partial charge on any atom is -0.352 e. The van der Waals surface area contributed by atoms with Crippen LogP contribution in [0, 0.1) is 17.7 Å². The van der Waals surface area contributed by atoms with Crippen molar-refractivity contribution in [2.24, 2.45) is 7.05 Å². The normalized spacial score (nSPS) is 22.2. The molecule has 4 atom stereocenters. The van der Waals surface area contributed by atoms with E-state index in [2.05, 4.69) is 38.4 Å². The standard InChI is InChI=1S/C48H44Cl2FN7O6/c1-57-41-27(11-8-14-35(41)58(46(57)64)36-21-22-37(59)55-43(36)61)10-4-2-7-25-52-42(60)28-15-18-30(19-16-28)53-44(62)40-38(31-12-9-13-33(50)39(31)51)48(47(56-40)23-5-3-6-24-47)32-20-17-29(49)26-34(32)54-45(48)63/h8-9,11-20,26,36,38,40,56H,2-3,5-7,21-25H2,1H3,(H,52,60)(H,53,62)(H,54,63)(H,55,59,61)/t36?,38-,40+,48+/m0/s1. The number of imide groups is 1. The first-order valence-electron chi connectivity index (χ1n) is 21.4. The number of unbranched alkanes of at least 4 members (excludes halogenated alkanes) is 1. The molecule has 3 fully saturated rings. The lowest BCUT2D eigenvalue weighted by Crippen LogP contribution is -2.60. The molecule has 1 unspecified atom stereocenters. The van der Waals surface area contributed by atoms with Crippen molar-refractivity contribution in [3.63, 3.8) is 0 Å². The third-order valence-electron chi connectivity index (χ3n) is 13.3. The Morgan fingerprint density at radius 3 is 2.47 bits per heavy atom. The number of nitrogens with zero attached hydrogens (tertiary/aromatic N) is 2. The van der Waals surface area contributed by atoms with Gasteiger partial charge >= 0.3 is 5.69 Å². The third-order valence-corrected chi connectivity index (χ3v) is 13.9. The van der Waals surface area contributed by atoms with E-state index in [1.807, 2.05) is 0 Å². The topological polar surface area (TPSA) is 172 Å². The van der Waals surface area contributed by atoms with E-state index in [-0.39, 0.29) is 46.8 Å². The molecular weight excluding hydrogens is 860 g/mol. The van der Waals surface area contributed by atoms with Crippen LogP contribution in [-0.2, 0) is 31.6 Å². The van der Waals surface area contributed by atoms with E-state index in [9.17, 15) is 28.8 Å². The Morgan fingerprint density at radius 1 is 0.938 bits per heavy atom. The van der Waals surface area contributed by atoms with E-state index in [1.54, 1.807) is 79.8 Å². The maximum Gasteiger partial charge on any atom is 0.329 e. The van der Waals surface area contributed by atoms with Crippen LogP contribution in [0.2, 0.25) is 10.0 Å². The zero-order chi connectivity index (χ0) is 44.9. The Kier molecular flexibility index (Phi) is 11.4. The molecule has 4 aliphatic rings. The number of hydrogen-bond acceptors (Lipinski definition) is 7. The molecule has 0 bridgehead atoms. The molecule has 2 spiro atoms. The second-order valence-electron chi connectivity index (χ2n) is 16.9. The largest absolute Gasteiger partial charge is 0.352 e. The summed E-state index contributed by atoms with van der Waals surface area (Å²) in [5.41, 5.74) is 1.24. The van der Waals surface area contributed by atoms with Gasteiger partial charge in [0.1, 0.15) is 17.3 Å². The van der Waals surface area contributed by atoms with Gasteiger partial charge in [-0.25, -0.2) is 9.18 Å². The maximum absolute atomic E-state index is 16.2. The average molecular weight is 905 g/mol. The van der Waals surface area contributed by atoms with Gasteiger partial charge in [-0.15, -0.1) is 0 Å². The van der Waals surface area contributed by atoms with Gasteiger partial charge in [0.05, 0.1) is 27.7 Å². The lowest BCUT2D eigenvalue weighted by molar-refractivity contribution is -0.135. The molecule has 5 amide bonds. The van der Waals surface area contributed by atoms with Gasteiger partial charge in [-0.3, -0.25) is 43.7 Å². The number of aryl methyl sites for hydroxylation is 1. The van der Waals surface area contributed by atoms with Crippen LogP contribution in [0.15, 0.2) is 83.7 Å². The summed E-state index contributed by atoms with van der Waals surface area (Å²) in [4.78, 5) is 79.8. The lowest BCUT2D eigenvalue weighted by Gasteiger charge is -2.47. The Hall–Kier alpha value is -6.27. The summed E-state index contributed by atoms with van der Waals surface area (Å²) in [6.45, 7) is 0.335. The van der Waals surface area contributed by atoms with Crippen LogP contribution in [-0.4, -0.2) is 56.8 Å². The molecule has 1 saturated carbocycles. The molecule has 16 heteroatoms. The van der Waals surface area contributed by atoms with E-state index < -0.39 is 46.6 Å². The van der Waals surface area contributed by atoms with E-state index in [0.29, 0.717) is 76.3 Å². The zero-order valence-electron chi connectivity index (χ0n) is 34.8. The highest BCUT2D eigenvalue weighted by molar-refractivity contribution is 6.31. The molecular formula is C48H44Cl2FN7O6. The van der Waals surface area contributed by atoms with Gasteiger partial charge in [0.2, 0.25) is 23.6 Å². The molecule has 5 N–H and O–H groups in total. The van der Waals surface area contributed by atoms with Crippen molar-refractivity contribution >= 4 is 75.1 Å². The van der Waals surface area contributed by atoms with Crippen molar-refractivity contribution in [3.05, 3.63) is 127 Å². The number of carbonyl (C=O) groups is 5. The Morgan fingerprint density at radius 2 is 1.70 bits per heavy atom. The van der Waals surface area contributed by atoms with Crippen molar-refractivity contribution in [2.75, 3.05) is 17.2 Å². The van der Waals surface area contributed by atoms with E-state index in [0.717, 1.165) is 19.3 Å². The first-order chi connectivity index (χ1) is 30.8. The van der Waals surface area contributed by atoms with Crippen molar-refractivity contribution in [1.29, 1.82) is 0 Å². The fourth-order valence-corrected chi connectivity index (χ4v) is 10.9. The van der Waals surface area contributed by atoms with Crippen LogP contribution >= 0.6 is 23.2 Å². The molecule has 64 heavy (non-hydrogen) atoms. The smallest absolute Gasteiger partial charge is 0.329 e. The van der Waals surface area contributed by atoms with Gasteiger partial charge in [-0.05, 0) is 91.4 Å². The van der Waals surface area contributed by atoms with Gasteiger partial charge < -0.3 is 16.0 Å². The average Bonchev–Trinajstić information content (AvgIpc) is 3.84. The summed E-state index contributed by atoms with van der Waals surface area (Å²) in [7, 11) is 1.62. The molecule has 5 aromatic rings. The molecule has 1 aliphatic carbocycles. The fourth-order valence-electron chi connectivity index (χ4n) is 10.6. The molecule has 3 aliphatic heterocycles. The van der Waals surface area contributed by atoms with E-state index in [1.165, 1.54) is 15.2 Å². The SMILES string of the molecule is Cn1c(=O)n(C2CCC(=O)NC2=O)c2cccc(C#CCCCNC(=O)c3ccc(NC(=O)[C@@H]4NC5(CCCCC5)[C@@]5(C(=O)Nc6cc(Cl)ccc65)[C@H]4c4cccc(Cl)c4F)cc3)c21. The van der Waals surface area contributed by atoms with Crippen molar-refractivity contribution in [3.8, 4) is 11.8 Å². The number of anilines is 2. The van der Waals surface area contributed by atoms with Gasteiger partial charge in [0.25, 0.3) is 5.91 Å². The number of rotatable bonds is 8. The zero-order valence-corrected chi connectivity index (χ0v) is 36.3. The minimum atomic E-state index is -1.37. The first-order valence-corrected chi connectivity index (χ1v) is 22.1. The van der Waals surface area contributed by atoms with Crippen LogP contribution in [0.3, 0.4) is 0 Å². The van der Waals surface area contributed by atoms with E-state index >= 15 is 4.39 Å². The third kappa shape index (κ3) is 7.16. The van der Waals surface area contributed by atoms with Gasteiger partial charge in [0, 0.05) is 59.9 Å². The number of amides is 5. The highest BCUT2D eigenvalue weighted by Crippen LogP contribution is 2.63. The maximum atomic E-state index is 16.2. The first kappa shape index (κ1) is 43.0. The van der Waals surface area contributed by atoms with Gasteiger partial charge in [0.15, 0.2) is 0 Å². The lowest BCUT2D eigenvalue weighted by atomic mass is 9.55. The number of halogens is 3. The number of fused-ring (bicyclic) bond motifs is 4. The number of nitrogens with one attached hydrogen (secondary N) is 5. The summed E-state index contributed by atoms with van der Waals surface area (Å²) >= 11 is 12.8. The number of carbonyl (C=O) groups excluding carboxylic acids is 5. The monoisotopic (exact) mass is 903 g/mol. The minimum absolute atomic E-state index is 0.114. The van der Waals surface area contributed by atoms with Crippen molar-refractivity contribution in [1.82, 2.24) is 25.1 Å². The van der Waals surface area contributed by atoms with E-state index in [4.69, 9.17) is 23.2 Å². The molecule has 4 heterocycles. The molecule has 2 saturated heterocycles. The summed E-state index contributed by atoms with van der Waals surface area (Å²) in [6, 6.07) is 19.8. The highest BCUT2D eigenvalue weighted by Gasteiger charge is 2.72. The molecule has 13 nitrogen and oxygen atoms in total. The van der Waals surface area contributed by atoms with Crippen LogP contribution in [0.4, 0.5) is 15.8 Å².